The SMILES string of the molecule is COCCN(CCO)C(=O)CCC1CCCO1. The molecule has 0 spiro atoms. The highest BCUT2D eigenvalue weighted by Gasteiger charge is 2.19. The molecule has 1 N–H and O–H groups in total. The molecule has 0 aliphatic carbocycles. The Balaban J connectivity index is 2.24. The van der Waals surface area contributed by atoms with Gasteiger partial charge in [-0.2, -0.15) is 0 Å². The number of hydrogen-bond donors (Lipinski definition) is 1. The van der Waals surface area contributed by atoms with E-state index in [1.807, 2.05) is 0 Å². The molecule has 1 rings (SSSR count). The van der Waals surface area contributed by atoms with Crippen molar-refractivity contribution < 1.29 is 19.4 Å². The third kappa shape index (κ3) is 5.48. The molecule has 0 aromatic carbocycles. The zero-order valence-corrected chi connectivity index (χ0v) is 10.6. The topological polar surface area (TPSA) is 59.0 Å². The molecule has 0 saturated carbocycles. The minimum Gasteiger partial charge on any atom is -0.395 e. The first-order valence-corrected chi connectivity index (χ1v) is 6.27. The average molecular weight is 245 g/mol. The molecule has 1 amide bonds. The molecule has 5 nitrogen and oxygen atoms in total. The monoisotopic (exact) mass is 245 g/mol. The van der Waals surface area contributed by atoms with Crippen molar-refractivity contribution in [3.63, 3.8) is 0 Å². The summed E-state index contributed by atoms with van der Waals surface area (Å²) in [7, 11) is 1.61. The summed E-state index contributed by atoms with van der Waals surface area (Å²) in [5.41, 5.74) is 0. The molecule has 1 unspecified atom stereocenters. The lowest BCUT2D eigenvalue weighted by Gasteiger charge is -2.22. The highest BCUT2D eigenvalue weighted by Crippen LogP contribution is 2.17. The van der Waals surface area contributed by atoms with Crippen LogP contribution >= 0.6 is 0 Å². The van der Waals surface area contributed by atoms with Crippen LogP contribution in [0.4, 0.5) is 0 Å². The maximum absolute atomic E-state index is 11.9. The Kier molecular flexibility index (Phi) is 7.16. The van der Waals surface area contributed by atoms with E-state index in [0.29, 0.717) is 26.1 Å². The summed E-state index contributed by atoms with van der Waals surface area (Å²) in [5.74, 6) is 0.0756. The molecule has 0 radical (unpaired) electrons. The molecule has 100 valence electrons. The van der Waals surface area contributed by atoms with E-state index in [1.165, 1.54) is 0 Å². The number of ether oxygens (including phenoxy) is 2. The van der Waals surface area contributed by atoms with E-state index < -0.39 is 0 Å². The largest absolute Gasteiger partial charge is 0.395 e. The lowest BCUT2D eigenvalue weighted by Crippen LogP contribution is -2.36. The first-order valence-electron chi connectivity index (χ1n) is 6.27. The number of carbonyl (C=O) groups is 1. The molecule has 1 saturated heterocycles. The highest BCUT2D eigenvalue weighted by atomic mass is 16.5. The second-order valence-electron chi connectivity index (χ2n) is 4.27. The van der Waals surface area contributed by atoms with Crippen molar-refractivity contribution in [1.82, 2.24) is 4.90 Å². The van der Waals surface area contributed by atoms with Gasteiger partial charge in [-0.25, -0.2) is 0 Å². The van der Waals surface area contributed by atoms with Crippen LogP contribution in [-0.2, 0) is 14.3 Å². The van der Waals surface area contributed by atoms with Crippen LogP contribution in [0, 0.1) is 0 Å². The summed E-state index contributed by atoms with van der Waals surface area (Å²) in [4.78, 5) is 13.6. The fraction of sp³-hybridized carbons (Fsp3) is 0.917. The van der Waals surface area contributed by atoms with Gasteiger partial charge in [0.05, 0.1) is 19.3 Å². The third-order valence-corrected chi connectivity index (χ3v) is 2.99. The Morgan fingerprint density at radius 2 is 2.35 bits per heavy atom. The van der Waals surface area contributed by atoms with Gasteiger partial charge in [0.1, 0.15) is 0 Å². The van der Waals surface area contributed by atoms with Crippen molar-refractivity contribution in [2.24, 2.45) is 0 Å². The highest BCUT2D eigenvalue weighted by molar-refractivity contribution is 5.76. The normalized spacial score (nSPS) is 19.5. The van der Waals surface area contributed by atoms with Crippen molar-refractivity contribution in [3.8, 4) is 0 Å². The summed E-state index contributed by atoms with van der Waals surface area (Å²) in [6.45, 7) is 2.25. The molecule has 17 heavy (non-hydrogen) atoms. The van der Waals surface area contributed by atoms with Crippen molar-refractivity contribution >= 4 is 5.91 Å². The van der Waals surface area contributed by atoms with E-state index in [1.54, 1.807) is 12.0 Å². The Morgan fingerprint density at radius 1 is 1.53 bits per heavy atom. The molecule has 1 fully saturated rings. The molecule has 1 atom stereocenters. The number of carbonyl (C=O) groups excluding carboxylic acids is 1. The van der Waals surface area contributed by atoms with Gasteiger partial charge >= 0.3 is 0 Å². The van der Waals surface area contributed by atoms with Gasteiger partial charge in [-0.15, -0.1) is 0 Å². The second kappa shape index (κ2) is 8.44. The third-order valence-electron chi connectivity index (χ3n) is 2.99. The molecule has 1 heterocycles. The van der Waals surface area contributed by atoms with Gasteiger partial charge in [-0.05, 0) is 19.3 Å². The Bertz CT molecular complexity index is 217. The zero-order chi connectivity index (χ0) is 12.5. The van der Waals surface area contributed by atoms with Crippen LogP contribution in [0.5, 0.6) is 0 Å². The fourth-order valence-electron chi connectivity index (χ4n) is 2.00. The van der Waals surface area contributed by atoms with Gasteiger partial charge in [0.15, 0.2) is 0 Å². The maximum atomic E-state index is 11.9. The average Bonchev–Trinajstić information content (AvgIpc) is 2.84. The van der Waals surface area contributed by atoms with Crippen LogP contribution in [0.1, 0.15) is 25.7 Å². The summed E-state index contributed by atoms with van der Waals surface area (Å²) in [5, 5.41) is 8.91. The lowest BCUT2D eigenvalue weighted by molar-refractivity contribution is -0.133. The summed E-state index contributed by atoms with van der Waals surface area (Å²) in [6.07, 6.45) is 3.69. The summed E-state index contributed by atoms with van der Waals surface area (Å²) in [6, 6.07) is 0. The van der Waals surface area contributed by atoms with Gasteiger partial charge in [-0.1, -0.05) is 0 Å². The van der Waals surface area contributed by atoms with Gasteiger partial charge in [-0.3, -0.25) is 4.79 Å². The van der Waals surface area contributed by atoms with E-state index in [0.717, 1.165) is 25.9 Å². The quantitative estimate of drug-likeness (QED) is 0.673. The van der Waals surface area contributed by atoms with Crippen LogP contribution in [-0.4, -0.2) is 62.0 Å². The van der Waals surface area contributed by atoms with E-state index in [2.05, 4.69) is 0 Å². The number of hydrogen-bond acceptors (Lipinski definition) is 4. The minimum atomic E-state index is -0.00458. The standard InChI is InChI=1S/C12H23NO4/c1-16-10-7-13(6-8-14)12(15)5-4-11-3-2-9-17-11/h11,14H,2-10H2,1H3. The van der Waals surface area contributed by atoms with Gasteiger partial charge in [0.25, 0.3) is 0 Å². The first-order chi connectivity index (χ1) is 8.27. The number of aliphatic hydroxyl groups is 1. The molecule has 0 aromatic rings. The van der Waals surface area contributed by atoms with Crippen LogP contribution in [0.2, 0.25) is 0 Å². The molecular formula is C12H23NO4. The number of methoxy groups -OCH3 is 1. The van der Waals surface area contributed by atoms with Gasteiger partial charge < -0.3 is 19.5 Å². The van der Waals surface area contributed by atoms with E-state index >= 15 is 0 Å². The summed E-state index contributed by atoms with van der Waals surface area (Å²) < 4.78 is 10.4. The number of aliphatic hydroxyl groups excluding tert-OH is 1. The summed E-state index contributed by atoms with van der Waals surface area (Å²) >= 11 is 0. The van der Waals surface area contributed by atoms with Crippen molar-refractivity contribution in [2.75, 3.05) is 40.0 Å². The second-order valence-corrected chi connectivity index (χ2v) is 4.27. The van der Waals surface area contributed by atoms with Crippen LogP contribution in [0.15, 0.2) is 0 Å². The zero-order valence-electron chi connectivity index (χ0n) is 10.6. The van der Waals surface area contributed by atoms with Crippen molar-refractivity contribution in [1.29, 1.82) is 0 Å². The predicted molar refractivity (Wildman–Crippen MR) is 63.7 cm³/mol. The molecule has 0 bridgehead atoms. The number of amides is 1. The molecule has 0 aromatic heterocycles. The van der Waals surface area contributed by atoms with E-state index in [-0.39, 0.29) is 18.6 Å². The maximum Gasteiger partial charge on any atom is 0.222 e. The lowest BCUT2D eigenvalue weighted by atomic mass is 10.1. The fourth-order valence-corrected chi connectivity index (χ4v) is 2.00. The van der Waals surface area contributed by atoms with E-state index in [9.17, 15) is 4.79 Å². The van der Waals surface area contributed by atoms with Crippen LogP contribution in [0.3, 0.4) is 0 Å². The molecule has 1 aliphatic rings. The Labute approximate surface area is 103 Å². The molecular weight excluding hydrogens is 222 g/mol. The predicted octanol–water partition coefficient (Wildman–Crippen LogP) is 0.413. The van der Waals surface area contributed by atoms with Crippen LogP contribution in [0.25, 0.3) is 0 Å². The van der Waals surface area contributed by atoms with E-state index in [4.69, 9.17) is 14.6 Å². The van der Waals surface area contributed by atoms with Crippen LogP contribution < -0.4 is 0 Å². The smallest absolute Gasteiger partial charge is 0.222 e. The number of nitrogens with zero attached hydrogens (tertiary/aromatic N) is 1. The van der Waals surface area contributed by atoms with Crippen molar-refractivity contribution in [2.45, 2.75) is 31.8 Å². The van der Waals surface area contributed by atoms with Gasteiger partial charge in [0.2, 0.25) is 5.91 Å². The first kappa shape index (κ1) is 14.4. The van der Waals surface area contributed by atoms with Crippen molar-refractivity contribution in [3.05, 3.63) is 0 Å². The molecule has 5 heteroatoms. The number of rotatable bonds is 8. The molecule has 1 aliphatic heterocycles. The Morgan fingerprint density at radius 3 is 2.94 bits per heavy atom. The minimum absolute atomic E-state index is 0.00458. The van der Waals surface area contributed by atoms with Gasteiger partial charge in [0, 0.05) is 33.2 Å². The Hall–Kier alpha value is -0.650.